The lowest BCUT2D eigenvalue weighted by atomic mass is 9.45. The standard InChI is InChI=1S/C30H40N4O5/c35-21-5-4-20-16-22-30(38)9-8-28(7-1-12-34(28)24(37)6-13-32-15-11-31-23(36)18-32)27-29(30,25(20)26(21)39-27)10-14-33(22)17-19-2-3-19/h4-5,19,22,27,35,38H,1-3,6-18H2,(H,31,36)/t22-,27+,28-,29+,30-/m1/s1. The van der Waals surface area contributed by atoms with Gasteiger partial charge in [-0.3, -0.25) is 19.4 Å². The van der Waals surface area contributed by atoms with Crippen LogP contribution in [0.4, 0.5) is 0 Å². The number of aliphatic hydroxyl groups is 1. The Morgan fingerprint density at radius 3 is 2.82 bits per heavy atom. The van der Waals surface area contributed by atoms with Crippen molar-refractivity contribution in [1.29, 1.82) is 0 Å². The number of nitrogens with zero attached hydrogens (tertiary/aromatic N) is 3. The quantitative estimate of drug-likeness (QED) is 0.518. The Morgan fingerprint density at radius 1 is 1.13 bits per heavy atom. The Labute approximate surface area is 229 Å². The number of hydrogen-bond acceptors (Lipinski definition) is 7. The van der Waals surface area contributed by atoms with E-state index in [1.165, 1.54) is 18.4 Å². The fourth-order valence-corrected chi connectivity index (χ4v) is 9.66. The van der Waals surface area contributed by atoms with Gasteiger partial charge in [-0.1, -0.05) is 6.07 Å². The van der Waals surface area contributed by atoms with Crippen LogP contribution in [0.15, 0.2) is 12.1 Å². The highest BCUT2D eigenvalue weighted by Crippen LogP contribution is 2.69. The Morgan fingerprint density at radius 2 is 2.00 bits per heavy atom. The second-order valence-corrected chi connectivity index (χ2v) is 13.4. The lowest BCUT2D eigenvalue weighted by molar-refractivity contribution is -0.217. The smallest absolute Gasteiger partial charge is 0.234 e. The SMILES string of the molecule is O=C1CN(CCC(=O)N2CCC[C@]23CC[C@@]2(O)[C@H]4Cc5ccc(O)c6c5[C@@]2(CCN4CC2CC2)[C@H]3O6)CCN1. The maximum Gasteiger partial charge on any atom is 0.234 e. The van der Waals surface area contributed by atoms with Gasteiger partial charge < -0.3 is 25.2 Å². The van der Waals surface area contributed by atoms with Crippen molar-refractivity contribution in [2.75, 3.05) is 45.8 Å². The van der Waals surface area contributed by atoms with E-state index < -0.39 is 16.6 Å². The van der Waals surface area contributed by atoms with E-state index in [1.807, 2.05) is 6.07 Å². The summed E-state index contributed by atoms with van der Waals surface area (Å²) in [5.41, 5.74) is 0.157. The van der Waals surface area contributed by atoms with Crippen LogP contribution in [-0.4, -0.2) is 106 Å². The molecule has 3 N–H and O–H groups in total. The molecule has 2 saturated carbocycles. The molecule has 8 rings (SSSR count). The number of aromatic hydroxyl groups is 1. The van der Waals surface area contributed by atoms with Gasteiger partial charge in [0.25, 0.3) is 0 Å². The number of phenols is 1. The summed E-state index contributed by atoms with van der Waals surface area (Å²) in [6, 6.07) is 3.84. The zero-order valence-electron chi connectivity index (χ0n) is 22.7. The first-order valence-corrected chi connectivity index (χ1v) is 15.1. The molecule has 5 fully saturated rings. The van der Waals surface area contributed by atoms with E-state index in [4.69, 9.17) is 4.74 Å². The molecule has 39 heavy (non-hydrogen) atoms. The predicted octanol–water partition coefficient (Wildman–Crippen LogP) is 1.14. The number of carbonyl (C=O) groups excluding carboxylic acids is 2. The van der Waals surface area contributed by atoms with Gasteiger partial charge in [-0.15, -0.1) is 0 Å². The molecule has 210 valence electrons. The van der Waals surface area contributed by atoms with E-state index in [1.54, 1.807) is 6.07 Å². The average Bonchev–Trinajstić information content (AvgIpc) is 3.51. The summed E-state index contributed by atoms with van der Waals surface area (Å²) < 4.78 is 6.84. The third-order valence-electron chi connectivity index (χ3n) is 11.5. The number of carbonyl (C=O) groups is 2. The highest BCUT2D eigenvalue weighted by atomic mass is 16.5. The molecule has 5 atom stereocenters. The molecule has 1 aromatic carbocycles. The first-order chi connectivity index (χ1) is 18.9. The lowest BCUT2D eigenvalue weighted by Crippen LogP contribution is -2.80. The van der Waals surface area contributed by atoms with Gasteiger partial charge in [0, 0.05) is 50.7 Å². The van der Waals surface area contributed by atoms with E-state index in [-0.39, 0.29) is 29.7 Å². The number of nitrogens with one attached hydrogen (secondary N) is 1. The van der Waals surface area contributed by atoms with Gasteiger partial charge >= 0.3 is 0 Å². The molecular formula is C30H40N4O5. The van der Waals surface area contributed by atoms with Crippen molar-refractivity contribution in [3.8, 4) is 11.5 Å². The largest absolute Gasteiger partial charge is 0.504 e. The number of ether oxygens (including phenoxy) is 1. The first-order valence-electron chi connectivity index (χ1n) is 15.1. The lowest BCUT2D eigenvalue weighted by Gasteiger charge is -2.67. The van der Waals surface area contributed by atoms with E-state index >= 15 is 0 Å². The highest BCUT2D eigenvalue weighted by molar-refractivity contribution is 5.80. The molecule has 0 unspecified atom stereocenters. The van der Waals surface area contributed by atoms with Crippen molar-refractivity contribution in [1.82, 2.24) is 20.0 Å². The number of benzene rings is 1. The van der Waals surface area contributed by atoms with Crippen molar-refractivity contribution >= 4 is 11.8 Å². The summed E-state index contributed by atoms with van der Waals surface area (Å²) in [7, 11) is 0. The Balaban J connectivity index is 1.16. The zero-order valence-corrected chi connectivity index (χ0v) is 22.7. The molecule has 0 radical (unpaired) electrons. The third kappa shape index (κ3) is 3.24. The van der Waals surface area contributed by atoms with Crippen molar-refractivity contribution < 1.29 is 24.5 Å². The summed E-state index contributed by atoms with van der Waals surface area (Å²) >= 11 is 0. The third-order valence-corrected chi connectivity index (χ3v) is 11.5. The molecule has 2 bridgehead atoms. The fourth-order valence-electron chi connectivity index (χ4n) is 9.66. The van der Waals surface area contributed by atoms with Crippen LogP contribution < -0.4 is 10.1 Å². The van der Waals surface area contributed by atoms with Crippen molar-refractivity contribution in [3.63, 3.8) is 0 Å². The molecule has 3 aliphatic carbocycles. The van der Waals surface area contributed by atoms with Crippen molar-refractivity contribution in [2.24, 2.45) is 5.92 Å². The monoisotopic (exact) mass is 536 g/mol. The van der Waals surface area contributed by atoms with Crippen LogP contribution >= 0.6 is 0 Å². The molecule has 7 aliphatic rings. The second-order valence-electron chi connectivity index (χ2n) is 13.4. The minimum Gasteiger partial charge on any atom is -0.504 e. The predicted molar refractivity (Wildman–Crippen MR) is 143 cm³/mol. The van der Waals surface area contributed by atoms with E-state index in [9.17, 15) is 19.8 Å². The van der Waals surface area contributed by atoms with Gasteiger partial charge in [-0.2, -0.15) is 0 Å². The van der Waals surface area contributed by atoms with Crippen LogP contribution in [0.2, 0.25) is 0 Å². The Bertz CT molecular complexity index is 1240. The molecule has 2 amide bonds. The van der Waals surface area contributed by atoms with Crippen LogP contribution in [0.3, 0.4) is 0 Å². The number of piperazine rings is 1. The Hall–Kier alpha value is -2.36. The molecule has 2 spiro atoms. The number of fused-ring (bicyclic) bond motifs is 1. The average molecular weight is 537 g/mol. The van der Waals surface area contributed by atoms with Crippen LogP contribution in [0.1, 0.15) is 62.5 Å². The van der Waals surface area contributed by atoms with E-state index in [2.05, 4.69) is 20.0 Å². The summed E-state index contributed by atoms with van der Waals surface area (Å²) in [5.74, 6) is 1.57. The van der Waals surface area contributed by atoms with Gasteiger partial charge in [-0.25, -0.2) is 0 Å². The number of phenolic OH excluding ortho intramolecular Hbond substituents is 1. The topological polar surface area (TPSA) is 106 Å². The van der Waals surface area contributed by atoms with Gasteiger partial charge in [-0.05, 0) is 75.5 Å². The maximum atomic E-state index is 13.9. The molecule has 4 heterocycles. The maximum absolute atomic E-state index is 13.9. The number of hydrogen-bond donors (Lipinski definition) is 3. The Kier molecular flexibility index (Phi) is 5.22. The second kappa shape index (κ2) is 8.33. The number of piperidine rings is 1. The van der Waals surface area contributed by atoms with Crippen LogP contribution in [-0.2, 0) is 21.4 Å². The normalized spacial score (nSPS) is 39.0. The van der Waals surface area contributed by atoms with E-state index in [0.717, 1.165) is 56.8 Å². The summed E-state index contributed by atoms with van der Waals surface area (Å²) in [6.07, 6.45) is 7.27. The van der Waals surface area contributed by atoms with Gasteiger partial charge in [0.2, 0.25) is 11.8 Å². The number of rotatable bonds is 5. The van der Waals surface area contributed by atoms with Crippen LogP contribution in [0.25, 0.3) is 0 Å². The van der Waals surface area contributed by atoms with Crippen LogP contribution in [0.5, 0.6) is 11.5 Å². The number of likely N-dealkylation sites (tertiary alicyclic amines) is 2. The van der Waals surface area contributed by atoms with Crippen molar-refractivity contribution in [3.05, 3.63) is 23.3 Å². The molecule has 0 aromatic heterocycles. The summed E-state index contributed by atoms with van der Waals surface area (Å²) in [5, 5.41) is 26.7. The van der Waals surface area contributed by atoms with E-state index in [0.29, 0.717) is 51.2 Å². The zero-order chi connectivity index (χ0) is 26.6. The van der Waals surface area contributed by atoms with Crippen molar-refractivity contribution in [2.45, 2.75) is 86.5 Å². The van der Waals surface area contributed by atoms with Gasteiger partial charge in [0.1, 0.15) is 6.10 Å². The number of amides is 2. The van der Waals surface area contributed by atoms with Gasteiger partial charge in [0.15, 0.2) is 11.5 Å². The molecule has 9 nitrogen and oxygen atoms in total. The fraction of sp³-hybridized carbons (Fsp3) is 0.733. The summed E-state index contributed by atoms with van der Waals surface area (Å²) in [6.45, 7) is 4.97. The highest BCUT2D eigenvalue weighted by Gasteiger charge is 2.77. The molecular weight excluding hydrogens is 496 g/mol. The first kappa shape index (κ1) is 24.4. The molecule has 1 aromatic rings. The molecule has 3 saturated heterocycles. The molecule has 4 aliphatic heterocycles. The molecule has 9 heteroatoms. The van der Waals surface area contributed by atoms with Gasteiger partial charge in [0.05, 0.1) is 23.1 Å². The minimum absolute atomic E-state index is 0.0182. The minimum atomic E-state index is -0.944. The summed E-state index contributed by atoms with van der Waals surface area (Å²) in [4.78, 5) is 32.4. The van der Waals surface area contributed by atoms with Crippen LogP contribution in [0, 0.1) is 5.92 Å².